The van der Waals surface area contributed by atoms with Gasteiger partial charge in [0.05, 0.1) is 12.6 Å². The van der Waals surface area contributed by atoms with E-state index in [0.717, 1.165) is 67.0 Å². The summed E-state index contributed by atoms with van der Waals surface area (Å²) in [6.07, 6.45) is 4.17. The van der Waals surface area contributed by atoms with E-state index in [4.69, 9.17) is 9.47 Å². The van der Waals surface area contributed by atoms with Crippen LogP contribution in [0.4, 0.5) is 5.69 Å². The maximum Gasteiger partial charge on any atom is 0.135 e. The van der Waals surface area contributed by atoms with E-state index in [1.165, 1.54) is 27.9 Å². The van der Waals surface area contributed by atoms with Gasteiger partial charge in [-0.25, -0.2) is 0 Å². The number of hydrogen-bond acceptors (Lipinski definition) is 4. The van der Waals surface area contributed by atoms with E-state index in [1.54, 1.807) is 7.11 Å². The highest BCUT2D eigenvalue weighted by atomic mass is 16.5. The minimum absolute atomic E-state index is 0.309. The number of hydrogen-bond donors (Lipinski definition) is 1. The second-order valence-electron chi connectivity index (χ2n) is 10.9. The predicted molar refractivity (Wildman–Crippen MR) is 161 cm³/mol. The quantitative estimate of drug-likeness (QED) is 0.254. The van der Waals surface area contributed by atoms with Crippen molar-refractivity contribution in [3.8, 4) is 11.5 Å². The number of aromatic nitrogens is 1. The van der Waals surface area contributed by atoms with Gasteiger partial charge in [0.25, 0.3) is 0 Å². The molecule has 1 aliphatic heterocycles. The molecule has 2 aliphatic rings. The van der Waals surface area contributed by atoms with Crippen LogP contribution in [0.1, 0.15) is 33.9 Å². The molecule has 1 N–H and O–H groups in total. The van der Waals surface area contributed by atoms with Crippen molar-refractivity contribution >= 4 is 16.6 Å². The van der Waals surface area contributed by atoms with Crippen LogP contribution in [0.2, 0.25) is 0 Å². The molecule has 0 unspecified atom stereocenters. The van der Waals surface area contributed by atoms with Gasteiger partial charge in [-0.15, -0.1) is 0 Å². The Balaban J connectivity index is 1.13. The van der Waals surface area contributed by atoms with Gasteiger partial charge in [-0.3, -0.25) is 4.90 Å². The smallest absolute Gasteiger partial charge is 0.135 e. The van der Waals surface area contributed by atoms with Crippen molar-refractivity contribution in [1.82, 2.24) is 9.88 Å². The number of nitrogens with zero attached hydrogens (tertiary/aromatic N) is 2. The summed E-state index contributed by atoms with van der Waals surface area (Å²) in [7, 11) is 1.73. The monoisotopic (exact) mass is 529 g/mol. The number of H-pyrrole nitrogens is 1. The normalized spacial score (nSPS) is 16.0. The largest absolute Gasteiger partial charge is 0.457 e. The number of benzene rings is 4. The molecular formula is C35H35N3O2. The van der Waals surface area contributed by atoms with Gasteiger partial charge < -0.3 is 19.4 Å². The minimum atomic E-state index is 0.309. The highest BCUT2D eigenvalue weighted by Crippen LogP contribution is 2.38. The van der Waals surface area contributed by atoms with E-state index in [9.17, 15) is 0 Å². The first-order chi connectivity index (χ1) is 19.8. The molecule has 5 heteroatoms. The molecule has 0 atom stereocenters. The van der Waals surface area contributed by atoms with E-state index in [0.29, 0.717) is 12.6 Å². The molecule has 5 aromatic rings. The molecule has 1 aliphatic carbocycles. The molecular weight excluding hydrogens is 494 g/mol. The highest BCUT2D eigenvalue weighted by Gasteiger charge is 2.31. The van der Waals surface area contributed by atoms with Crippen LogP contribution in [-0.2, 0) is 24.2 Å². The van der Waals surface area contributed by atoms with Crippen LogP contribution in [0.15, 0.2) is 97.2 Å². The zero-order valence-electron chi connectivity index (χ0n) is 23.0. The topological polar surface area (TPSA) is 40.7 Å². The molecule has 0 saturated carbocycles. The number of rotatable bonds is 6. The third kappa shape index (κ3) is 4.76. The van der Waals surface area contributed by atoms with Gasteiger partial charge in [0.2, 0.25) is 0 Å². The predicted octanol–water partition coefficient (Wildman–Crippen LogP) is 7.12. The fourth-order valence-electron chi connectivity index (χ4n) is 6.46. The molecule has 0 radical (unpaired) electrons. The summed E-state index contributed by atoms with van der Waals surface area (Å²) in [4.78, 5) is 8.42. The van der Waals surface area contributed by atoms with Gasteiger partial charge >= 0.3 is 0 Å². The Morgan fingerprint density at radius 1 is 0.775 bits per heavy atom. The fraction of sp³-hybridized carbons (Fsp3) is 0.257. The van der Waals surface area contributed by atoms with E-state index >= 15 is 0 Å². The number of methoxy groups -OCH3 is 1. The lowest BCUT2D eigenvalue weighted by atomic mass is 9.92. The van der Waals surface area contributed by atoms with Crippen LogP contribution >= 0.6 is 0 Å². The Morgan fingerprint density at radius 2 is 1.50 bits per heavy atom. The van der Waals surface area contributed by atoms with E-state index < -0.39 is 0 Å². The van der Waals surface area contributed by atoms with Crippen molar-refractivity contribution in [2.24, 2.45) is 0 Å². The molecule has 1 fully saturated rings. The maximum absolute atomic E-state index is 6.45. The lowest BCUT2D eigenvalue weighted by Crippen LogP contribution is -2.48. The molecule has 40 heavy (non-hydrogen) atoms. The summed E-state index contributed by atoms with van der Waals surface area (Å²) in [6.45, 7) is 4.47. The molecule has 1 aromatic heterocycles. The Kier molecular flexibility index (Phi) is 6.76. The highest BCUT2D eigenvalue weighted by molar-refractivity contribution is 5.80. The average molecular weight is 530 g/mol. The van der Waals surface area contributed by atoms with E-state index in [-0.39, 0.29) is 0 Å². The van der Waals surface area contributed by atoms with Crippen LogP contribution in [0.5, 0.6) is 11.5 Å². The number of nitrogens with one attached hydrogen (secondary N) is 1. The van der Waals surface area contributed by atoms with Crippen LogP contribution in [-0.4, -0.2) is 43.2 Å². The van der Waals surface area contributed by atoms with Gasteiger partial charge in [-0.2, -0.15) is 0 Å². The summed E-state index contributed by atoms with van der Waals surface area (Å²) in [5.74, 6) is 1.68. The van der Waals surface area contributed by atoms with Crippen LogP contribution in [0, 0.1) is 0 Å². The van der Waals surface area contributed by atoms with Gasteiger partial charge in [0, 0.05) is 67.7 Å². The third-order valence-electron chi connectivity index (χ3n) is 8.51. The average Bonchev–Trinajstić information content (AvgIpc) is 3.40. The van der Waals surface area contributed by atoms with Gasteiger partial charge in [-0.05, 0) is 65.4 Å². The van der Waals surface area contributed by atoms with E-state index in [2.05, 4.69) is 99.7 Å². The molecule has 1 saturated heterocycles. The lowest BCUT2D eigenvalue weighted by Gasteiger charge is -2.41. The number of piperazine rings is 1. The molecule has 202 valence electrons. The Morgan fingerprint density at radius 3 is 2.23 bits per heavy atom. The number of aryl methyl sites for hydroxylation is 2. The van der Waals surface area contributed by atoms with Gasteiger partial charge in [0.15, 0.2) is 0 Å². The van der Waals surface area contributed by atoms with Crippen LogP contribution in [0.25, 0.3) is 10.9 Å². The van der Waals surface area contributed by atoms with Gasteiger partial charge in [0.1, 0.15) is 11.5 Å². The van der Waals surface area contributed by atoms with Crippen molar-refractivity contribution in [3.63, 3.8) is 0 Å². The SMILES string of the molecule is COCc1ccc(N2CCN(C3c4ccccc4CCc4ccccc43)CC2)cc1Oc1ccc2[nH]ccc2c1. The van der Waals surface area contributed by atoms with Crippen molar-refractivity contribution in [3.05, 3.63) is 125 Å². The molecule has 0 bridgehead atoms. The first-order valence-corrected chi connectivity index (χ1v) is 14.3. The van der Waals surface area contributed by atoms with Crippen molar-refractivity contribution in [2.45, 2.75) is 25.5 Å². The summed E-state index contributed by atoms with van der Waals surface area (Å²) in [5.41, 5.74) is 9.26. The Hall–Kier alpha value is -4.06. The fourth-order valence-corrected chi connectivity index (χ4v) is 6.46. The molecule has 4 aromatic carbocycles. The lowest BCUT2D eigenvalue weighted by molar-refractivity contribution is 0.182. The zero-order valence-corrected chi connectivity index (χ0v) is 23.0. The molecule has 0 amide bonds. The second-order valence-corrected chi connectivity index (χ2v) is 10.9. The van der Waals surface area contributed by atoms with Crippen molar-refractivity contribution in [2.75, 3.05) is 38.2 Å². The molecule has 7 rings (SSSR count). The Bertz CT molecular complexity index is 1590. The summed E-state index contributed by atoms with van der Waals surface area (Å²) >= 11 is 0. The van der Waals surface area contributed by atoms with E-state index in [1.807, 2.05) is 12.3 Å². The van der Waals surface area contributed by atoms with Crippen molar-refractivity contribution in [1.29, 1.82) is 0 Å². The standard InChI is InChI=1S/C35H35N3O2/c1-39-24-28-12-13-29(23-34(28)40-30-14-15-33-27(22-30)16-17-36-33)37-18-20-38(21-19-37)35-31-8-4-2-6-25(31)10-11-26-7-3-5-9-32(26)35/h2-9,12-17,22-23,35-36H,10-11,18-21,24H2,1H3. The second kappa shape index (κ2) is 10.8. The molecule has 5 nitrogen and oxygen atoms in total. The third-order valence-corrected chi connectivity index (χ3v) is 8.51. The van der Waals surface area contributed by atoms with Crippen molar-refractivity contribution < 1.29 is 9.47 Å². The maximum atomic E-state index is 6.45. The van der Waals surface area contributed by atoms with Crippen LogP contribution < -0.4 is 9.64 Å². The first-order valence-electron chi connectivity index (χ1n) is 14.3. The molecule has 2 heterocycles. The Labute approximate surface area is 236 Å². The number of aromatic amines is 1. The number of ether oxygens (including phenoxy) is 2. The first kappa shape index (κ1) is 24.9. The zero-order chi connectivity index (χ0) is 26.9. The summed E-state index contributed by atoms with van der Waals surface area (Å²) < 4.78 is 11.9. The minimum Gasteiger partial charge on any atom is -0.457 e. The van der Waals surface area contributed by atoms with Gasteiger partial charge in [-0.1, -0.05) is 54.6 Å². The summed E-state index contributed by atoms with van der Waals surface area (Å²) in [6, 6.07) is 33.2. The number of anilines is 1. The van der Waals surface area contributed by atoms with Crippen LogP contribution in [0.3, 0.4) is 0 Å². The number of fused-ring (bicyclic) bond motifs is 3. The summed E-state index contributed by atoms with van der Waals surface area (Å²) in [5, 5.41) is 1.14. The molecule has 0 spiro atoms.